The standard InChI is InChI=1S/C17H20N4O/c1-12-9-15-17(19-11-12)21(8-4-7-18)16(20-15)13-5-3-6-14(10-13)22-2/h3,5-6,9-11H,4,7-8,18H2,1-2H3. The highest BCUT2D eigenvalue weighted by Crippen LogP contribution is 2.27. The third-order valence-electron chi connectivity index (χ3n) is 3.64. The van der Waals surface area contributed by atoms with Crippen LogP contribution in [0.5, 0.6) is 5.75 Å². The molecule has 0 radical (unpaired) electrons. The molecule has 0 unspecified atom stereocenters. The molecule has 0 amide bonds. The van der Waals surface area contributed by atoms with Gasteiger partial charge in [-0.15, -0.1) is 0 Å². The molecule has 0 bridgehead atoms. The molecule has 5 nitrogen and oxygen atoms in total. The van der Waals surface area contributed by atoms with Gasteiger partial charge in [0.2, 0.25) is 0 Å². The third-order valence-corrected chi connectivity index (χ3v) is 3.64. The van der Waals surface area contributed by atoms with Crippen molar-refractivity contribution < 1.29 is 4.74 Å². The van der Waals surface area contributed by atoms with Crippen LogP contribution in [0.4, 0.5) is 0 Å². The van der Waals surface area contributed by atoms with Gasteiger partial charge in [0.15, 0.2) is 5.65 Å². The minimum Gasteiger partial charge on any atom is -0.497 e. The molecule has 3 rings (SSSR count). The summed E-state index contributed by atoms with van der Waals surface area (Å²) in [5, 5.41) is 0. The molecule has 2 heterocycles. The summed E-state index contributed by atoms with van der Waals surface area (Å²) < 4.78 is 7.45. The fourth-order valence-corrected chi connectivity index (χ4v) is 2.56. The number of fused-ring (bicyclic) bond motifs is 1. The maximum atomic E-state index is 5.67. The Bertz CT molecular complexity index is 794. The van der Waals surface area contributed by atoms with Crippen LogP contribution in [0.2, 0.25) is 0 Å². The molecule has 114 valence electrons. The Morgan fingerprint density at radius 3 is 2.91 bits per heavy atom. The van der Waals surface area contributed by atoms with Gasteiger partial charge < -0.3 is 15.0 Å². The lowest BCUT2D eigenvalue weighted by atomic mass is 10.2. The highest BCUT2D eigenvalue weighted by molar-refractivity contribution is 5.78. The number of hydrogen-bond donors (Lipinski definition) is 1. The van der Waals surface area contributed by atoms with Crippen LogP contribution in [0.3, 0.4) is 0 Å². The first kappa shape index (κ1) is 14.5. The molecule has 0 spiro atoms. The van der Waals surface area contributed by atoms with E-state index in [1.807, 2.05) is 37.4 Å². The summed E-state index contributed by atoms with van der Waals surface area (Å²) >= 11 is 0. The maximum absolute atomic E-state index is 5.67. The van der Waals surface area contributed by atoms with Gasteiger partial charge in [-0.05, 0) is 43.7 Å². The SMILES string of the molecule is COc1cccc(-c2nc3cc(C)cnc3n2CCCN)c1. The summed E-state index contributed by atoms with van der Waals surface area (Å²) in [4.78, 5) is 9.33. The minimum absolute atomic E-state index is 0.642. The Labute approximate surface area is 129 Å². The van der Waals surface area contributed by atoms with E-state index in [-0.39, 0.29) is 0 Å². The van der Waals surface area contributed by atoms with Gasteiger partial charge in [-0.2, -0.15) is 0 Å². The lowest BCUT2D eigenvalue weighted by Crippen LogP contribution is -2.07. The van der Waals surface area contributed by atoms with E-state index >= 15 is 0 Å². The highest BCUT2D eigenvalue weighted by atomic mass is 16.5. The Morgan fingerprint density at radius 1 is 1.27 bits per heavy atom. The minimum atomic E-state index is 0.642. The van der Waals surface area contributed by atoms with Crippen molar-refractivity contribution in [2.45, 2.75) is 19.9 Å². The molecule has 0 fully saturated rings. The number of ether oxygens (including phenoxy) is 1. The lowest BCUT2D eigenvalue weighted by Gasteiger charge is -2.09. The van der Waals surface area contributed by atoms with Gasteiger partial charge >= 0.3 is 0 Å². The first-order chi connectivity index (χ1) is 10.7. The molecule has 0 aliphatic rings. The van der Waals surface area contributed by atoms with Crippen LogP contribution in [0.25, 0.3) is 22.6 Å². The van der Waals surface area contributed by atoms with Crippen LogP contribution >= 0.6 is 0 Å². The largest absolute Gasteiger partial charge is 0.497 e. The van der Waals surface area contributed by atoms with E-state index in [2.05, 4.69) is 15.6 Å². The molecular weight excluding hydrogens is 276 g/mol. The van der Waals surface area contributed by atoms with Crippen LogP contribution in [-0.4, -0.2) is 28.2 Å². The van der Waals surface area contributed by atoms with E-state index in [1.54, 1.807) is 7.11 Å². The Kier molecular flexibility index (Phi) is 4.06. The zero-order chi connectivity index (χ0) is 15.5. The predicted octanol–water partition coefficient (Wildman–Crippen LogP) is 2.76. The smallest absolute Gasteiger partial charge is 0.160 e. The number of imidazole rings is 1. The summed E-state index contributed by atoms with van der Waals surface area (Å²) in [6, 6.07) is 9.99. The van der Waals surface area contributed by atoms with Gasteiger partial charge in [0.05, 0.1) is 7.11 Å². The van der Waals surface area contributed by atoms with Crippen LogP contribution < -0.4 is 10.5 Å². The zero-order valence-electron chi connectivity index (χ0n) is 12.9. The number of benzene rings is 1. The number of aryl methyl sites for hydroxylation is 2. The van der Waals surface area contributed by atoms with Gasteiger partial charge in [-0.1, -0.05) is 12.1 Å². The summed E-state index contributed by atoms with van der Waals surface area (Å²) in [6.45, 7) is 3.47. The summed E-state index contributed by atoms with van der Waals surface area (Å²) in [5.74, 6) is 1.72. The number of hydrogen-bond acceptors (Lipinski definition) is 4. The van der Waals surface area contributed by atoms with Crippen LogP contribution in [-0.2, 0) is 6.54 Å². The number of nitrogens with two attached hydrogens (primary N) is 1. The number of pyridine rings is 1. The molecule has 0 saturated carbocycles. The fourth-order valence-electron chi connectivity index (χ4n) is 2.56. The van der Waals surface area contributed by atoms with Gasteiger partial charge in [0.1, 0.15) is 17.1 Å². The first-order valence-electron chi connectivity index (χ1n) is 7.40. The van der Waals surface area contributed by atoms with E-state index in [9.17, 15) is 0 Å². The molecule has 2 aromatic heterocycles. The summed E-state index contributed by atoms with van der Waals surface area (Å²) in [7, 11) is 1.67. The predicted molar refractivity (Wildman–Crippen MR) is 87.9 cm³/mol. The molecule has 22 heavy (non-hydrogen) atoms. The second-order valence-electron chi connectivity index (χ2n) is 5.32. The molecule has 1 aromatic carbocycles. The lowest BCUT2D eigenvalue weighted by molar-refractivity contribution is 0.415. The van der Waals surface area contributed by atoms with Crippen molar-refractivity contribution >= 4 is 11.2 Å². The van der Waals surface area contributed by atoms with Crippen molar-refractivity contribution in [2.24, 2.45) is 5.73 Å². The number of aromatic nitrogens is 3. The van der Waals surface area contributed by atoms with Crippen molar-refractivity contribution in [2.75, 3.05) is 13.7 Å². The third kappa shape index (κ3) is 2.67. The summed E-state index contributed by atoms with van der Waals surface area (Å²) in [5.41, 5.74) is 9.61. The van der Waals surface area contributed by atoms with Crippen molar-refractivity contribution in [3.63, 3.8) is 0 Å². The monoisotopic (exact) mass is 296 g/mol. The van der Waals surface area contributed by atoms with Crippen molar-refractivity contribution in [3.05, 3.63) is 42.1 Å². The number of methoxy groups -OCH3 is 1. The van der Waals surface area contributed by atoms with Crippen LogP contribution in [0.15, 0.2) is 36.5 Å². The van der Waals surface area contributed by atoms with Crippen LogP contribution in [0, 0.1) is 6.92 Å². The Morgan fingerprint density at radius 2 is 2.14 bits per heavy atom. The molecule has 0 saturated heterocycles. The quantitative estimate of drug-likeness (QED) is 0.786. The average Bonchev–Trinajstić information content (AvgIpc) is 2.90. The van der Waals surface area contributed by atoms with Crippen LogP contribution in [0.1, 0.15) is 12.0 Å². The molecule has 0 aliphatic carbocycles. The first-order valence-corrected chi connectivity index (χ1v) is 7.40. The van der Waals surface area contributed by atoms with E-state index < -0.39 is 0 Å². The topological polar surface area (TPSA) is 66.0 Å². The van der Waals surface area contributed by atoms with Crippen molar-refractivity contribution in [1.82, 2.24) is 14.5 Å². The molecular formula is C17H20N4O. The van der Waals surface area contributed by atoms with E-state index in [0.717, 1.165) is 46.8 Å². The highest BCUT2D eigenvalue weighted by Gasteiger charge is 2.14. The van der Waals surface area contributed by atoms with E-state index in [0.29, 0.717) is 6.54 Å². The second kappa shape index (κ2) is 6.15. The molecule has 2 N–H and O–H groups in total. The van der Waals surface area contributed by atoms with Crippen molar-refractivity contribution in [1.29, 1.82) is 0 Å². The van der Waals surface area contributed by atoms with Gasteiger partial charge in [0.25, 0.3) is 0 Å². The second-order valence-corrected chi connectivity index (χ2v) is 5.32. The maximum Gasteiger partial charge on any atom is 0.160 e. The molecule has 0 aliphatic heterocycles. The number of rotatable bonds is 5. The Balaban J connectivity index is 2.17. The van der Waals surface area contributed by atoms with Gasteiger partial charge in [-0.25, -0.2) is 9.97 Å². The molecule has 3 aromatic rings. The fraction of sp³-hybridized carbons (Fsp3) is 0.294. The Hall–Kier alpha value is -2.40. The molecule has 0 atom stereocenters. The van der Waals surface area contributed by atoms with Gasteiger partial charge in [0, 0.05) is 18.3 Å². The summed E-state index contributed by atoms with van der Waals surface area (Å²) in [6.07, 6.45) is 2.76. The van der Waals surface area contributed by atoms with Crippen molar-refractivity contribution in [3.8, 4) is 17.1 Å². The molecule has 5 heteroatoms. The van der Waals surface area contributed by atoms with E-state index in [1.165, 1.54) is 0 Å². The van der Waals surface area contributed by atoms with E-state index in [4.69, 9.17) is 15.5 Å². The van der Waals surface area contributed by atoms with Gasteiger partial charge in [-0.3, -0.25) is 0 Å². The zero-order valence-corrected chi connectivity index (χ0v) is 12.9. The normalized spacial score (nSPS) is 11.0. The average molecular weight is 296 g/mol. The number of nitrogens with zero attached hydrogens (tertiary/aromatic N) is 3.